The molecule has 0 N–H and O–H groups in total. The van der Waals surface area contributed by atoms with Crippen molar-refractivity contribution in [3.05, 3.63) is 0 Å². The molecule has 0 aromatic heterocycles. The van der Waals surface area contributed by atoms with Gasteiger partial charge in [0.15, 0.2) is 30.6 Å². The van der Waals surface area contributed by atoms with Crippen LogP contribution in [0.1, 0.15) is 26.7 Å². The molecule has 6 nitrogen and oxygen atoms in total. The van der Waals surface area contributed by atoms with E-state index >= 15 is 0 Å². The molecule has 0 amide bonds. The maximum atomic E-state index is 5.86. The lowest BCUT2D eigenvalue weighted by molar-refractivity contribution is -0.275. The molecule has 2 aliphatic rings. The highest BCUT2D eigenvalue weighted by molar-refractivity contribution is 7.26. The number of hydrogen-bond acceptors (Lipinski definition) is 6. The van der Waals surface area contributed by atoms with Crippen molar-refractivity contribution in [1.82, 2.24) is 0 Å². The average molecular weight is 312 g/mol. The standard InChI is InChI=1S/C11H22O6P2/c1-3-4-5-12-9(2)16-10-11(8-15-19-17-10)6-13-18-14-7-11/h9-10,18-19H,3-8H2,1-2H3. The van der Waals surface area contributed by atoms with Crippen LogP contribution in [0.5, 0.6) is 0 Å². The monoisotopic (exact) mass is 312 g/mol. The molecule has 2 aliphatic heterocycles. The summed E-state index contributed by atoms with van der Waals surface area (Å²) in [6.07, 6.45) is 1.43. The smallest absolute Gasteiger partial charge is 0.179 e. The van der Waals surface area contributed by atoms with Crippen molar-refractivity contribution < 1.29 is 27.6 Å². The van der Waals surface area contributed by atoms with Crippen LogP contribution >= 0.6 is 18.1 Å². The molecule has 0 aromatic carbocycles. The summed E-state index contributed by atoms with van der Waals surface area (Å²) in [4.78, 5) is 0. The number of unbranched alkanes of at least 4 members (excludes halogenated alkanes) is 1. The molecular formula is C11H22O6P2. The van der Waals surface area contributed by atoms with Gasteiger partial charge in [0, 0.05) is 6.61 Å². The molecule has 3 unspecified atom stereocenters. The van der Waals surface area contributed by atoms with Gasteiger partial charge in [-0.3, -0.25) is 0 Å². The van der Waals surface area contributed by atoms with Crippen molar-refractivity contribution in [2.24, 2.45) is 5.41 Å². The molecule has 2 rings (SSSR count). The minimum atomic E-state index is -0.402. The van der Waals surface area contributed by atoms with Gasteiger partial charge in [-0.15, -0.1) is 0 Å². The van der Waals surface area contributed by atoms with Crippen molar-refractivity contribution in [2.45, 2.75) is 39.3 Å². The van der Waals surface area contributed by atoms with E-state index in [1.165, 1.54) is 0 Å². The van der Waals surface area contributed by atoms with Crippen molar-refractivity contribution >= 4 is 18.1 Å². The van der Waals surface area contributed by atoms with E-state index in [9.17, 15) is 0 Å². The van der Waals surface area contributed by atoms with Gasteiger partial charge in [0.2, 0.25) is 0 Å². The van der Waals surface area contributed by atoms with Crippen LogP contribution in [-0.2, 0) is 27.6 Å². The van der Waals surface area contributed by atoms with E-state index in [1.54, 1.807) is 0 Å². The van der Waals surface area contributed by atoms with Gasteiger partial charge in [-0.1, -0.05) is 13.3 Å². The molecule has 0 radical (unpaired) electrons. The quantitative estimate of drug-likeness (QED) is 0.427. The van der Waals surface area contributed by atoms with Crippen molar-refractivity contribution in [3.63, 3.8) is 0 Å². The largest absolute Gasteiger partial charge is 0.353 e. The SMILES string of the molecule is CCCCOC(C)OC1OPOCC12COPOC2. The third-order valence-corrected chi connectivity index (χ3v) is 4.17. The average Bonchev–Trinajstić information content (AvgIpc) is 2.43. The van der Waals surface area contributed by atoms with Crippen LogP contribution < -0.4 is 0 Å². The van der Waals surface area contributed by atoms with Gasteiger partial charge in [-0.05, 0) is 13.3 Å². The lowest BCUT2D eigenvalue weighted by Crippen LogP contribution is -2.52. The molecule has 19 heavy (non-hydrogen) atoms. The Morgan fingerprint density at radius 3 is 2.58 bits per heavy atom. The van der Waals surface area contributed by atoms with Crippen LogP contribution in [0.3, 0.4) is 0 Å². The molecule has 3 atom stereocenters. The Morgan fingerprint density at radius 2 is 1.89 bits per heavy atom. The van der Waals surface area contributed by atoms with E-state index in [1.807, 2.05) is 6.92 Å². The second-order valence-corrected chi connectivity index (χ2v) is 6.21. The Morgan fingerprint density at radius 1 is 1.21 bits per heavy atom. The van der Waals surface area contributed by atoms with E-state index in [-0.39, 0.29) is 29.8 Å². The molecule has 0 aromatic rings. The van der Waals surface area contributed by atoms with E-state index in [0.29, 0.717) is 26.4 Å². The second-order valence-electron chi connectivity index (χ2n) is 4.77. The van der Waals surface area contributed by atoms with E-state index in [2.05, 4.69) is 6.92 Å². The van der Waals surface area contributed by atoms with Gasteiger partial charge >= 0.3 is 0 Å². The minimum absolute atomic E-state index is 0.00716. The fraction of sp³-hybridized carbons (Fsp3) is 1.00. The molecule has 0 saturated carbocycles. The second kappa shape index (κ2) is 8.16. The number of hydrogen-bond donors (Lipinski definition) is 0. The predicted octanol–water partition coefficient (Wildman–Crippen LogP) is 2.59. The molecule has 8 heteroatoms. The summed E-state index contributed by atoms with van der Waals surface area (Å²) in [5.41, 5.74) is -0.376. The molecule has 2 heterocycles. The maximum Gasteiger partial charge on any atom is 0.179 e. The highest BCUT2D eigenvalue weighted by Crippen LogP contribution is 2.44. The van der Waals surface area contributed by atoms with Crippen LogP contribution in [-0.4, -0.2) is 39.0 Å². The van der Waals surface area contributed by atoms with E-state index < -0.39 is 6.29 Å². The first-order valence-corrected chi connectivity index (χ1v) is 8.18. The van der Waals surface area contributed by atoms with E-state index in [4.69, 9.17) is 27.6 Å². The summed E-state index contributed by atoms with van der Waals surface area (Å²) >= 11 is 0. The third-order valence-electron chi connectivity index (χ3n) is 3.08. The summed E-state index contributed by atoms with van der Waals surface area (Å²) in [5, 5.41) is 0. The van der Waals surface area contributed by atoms with Crippen LogP contribution in [0, 0.1) is 5.41 Å². The lowest BCUT2D eigenvalue weighted by Gasteiger charge is -2.44. The number of rotatable bonds is 6. The molecular weight excluding hydrogens is 290 g/mol. The highest BCUT2D eigenvalue weighted by Gasteiger charge is 2.47. The van der Waals surface area contributed by atoms with Crippen LogP contribution in [0.25, 0.3) is 0 Å². The zero-order valence-corrected chi connectivity index (χ0v) is 13.3. The van der Waals surface area contributed by atoms with Crippen molar-refractivity contribution in [3.8, 4) is 0 Å². The van der Waals surface area contributed by atoms with E-state index in [0.717, 1.165) is 12.8 Å². The molecule has 0 aliphatic carbocycles. The highest BCUT2D eigenvalue weighted by atomic mass is 31.1. The third kappa shape index (κ3) is 4.55. The Kier molecular flexibility index (Phi) is 6.87. The Balaban J connectivity index is 1.84. The van der Waals surface area contributed by atoms with Crippen LogP contribution in [0.15, 0.2) is 0 Å². The first-order chi connectivity index (χ1) is 9.27. The molecule has 1 spiro atoms. The van der Waals surface area contributed by atoms with Crippen molar-refractivity contribution in [1.29, 1.82) is 0 Å². The van der Waals surface area contributed by atoms with Gasteiger partial charge in [0.1, 0.15) is 0 Å². The summed E-state index contributed by atoms with van der Waals surface area (Å²) in [5.74, 6) is 0. The fourth-order valence-electron chi connectivity index (χ4n) is 1.87. The summed E-state index contributed by atoms with van der Waals surface area (Å²) in [6.45, 7) is 6.30. The predicted molar refractivity (Wildman–Crippen MR) is 73.2 cm³/mol. The topological polar surface area (TPSA) is 55.4 Å². The molecule has 112 valence electrons. The lowest BCUT2D eigenvalue weighted by atomic mass is 9.90. The summed E-state index contributed by atoms with van der Waals surface area (Å²) in [7, 11) is 0.0830. The normalized spacial score (nSPS) is 36.0. The van der Waals surface area contributed by atoms with Gasteiger partial charge in [-0.2, -0.15) is 0 Å². The first-order valence-electron chi connectivity index (χ1n) is 6.55. The summed E-state index contributed by atoms with van der Waals surface area (Å²) < 4.78 is 33.3. The van der Waals surface area contributed by atoms with Gasteiger partial charge in [0.05, 0.1) is 25.2 Å². The summed E-state index contributed by atoms with van der Waals surface area (Å²) in [6, 6.07) is 0. The van der Waals surface area contributed by atoms with Crippen LogP contribution in [0.2, 0.25) is 0 Å². The van der Waals surface area contributed by atoms with Gasteiger partial charge < -0.3 is 27.6 Å². The zero-order valence-electron chi connectivity index (χ0n) is 11.3. The minimum Gasteiger partial charge on any atom is -0.353 e. The molecule has 0 bridgehead atoms. The van der Waals surface area contributed by atoms with Crippen molar-refractivity contribution in [2.75, 3.05) is 26.4 Å². The molecule has 2 saturated heterocycles. The number of ether oxygens (including phenoxy) is 2. The van der Waals surface area contributed by atoms with Crippen LogP contribution in [0.4, 0.5) is 0 Å². The Bertz CT molecular complexity index is 253. The van der Waals surface area contributed by atoms with Gasteiger partial charge in [-0.25, -0.2) is 0 Å². The Labute approximate surface area is 117 Å². The first kappa shape index (κ1) is 16.0. The maximum absolute atomic E-state index is 5.86. The van der Waals surface area contributed by atoms with Gasteiger partial charge in [0.25, 0.3) is 0 Å². The molecule has 2 fully saturated rings. The Hall–Kier alpha value is 0.620. The zero-order chi connectivity index (χ0) is 13.6. The fourth-order valence-corrected chi connectivity index (χ4v) is 3.46.